The zero-order chi connectivity index (χ0) is 20.7. The number of benzene rings is 2. The lowest BCUT2D eigenvalue weighted by Gasteiger charge is -2.08. The summed E-state index contributed by atoms with van der Waals surface area (Å²) in [5, 5.41) is 4.51. The van der Waals surface area contributed by atoms with Crippen molar-refractivity contribution in [3.05, 3.63) is 70.4 Å². The second-order valence-corrected chi connectivity index (χ2v) is 7.59. The minimum atomic E-state index is -4.89. The van der Waals surface area contributed by atoms with Gasteiger partial charge in [0.1, 0.15) is 5.82 Å². The molecule has 0 saturated carbocycles. The average molecular weight is 413 g/mol. The molecule has 0 aromatic heterocycles. The number of halogens is 4. The maximum Gasteiger partial charge on any atom is 0.419 e. The van der Waals surface area contributed by atoms with E-state index in [1.807, 2.05) is 0 Å². The topological polar surface area (TPSA) is 72.8 Å². The maximum absolute atomic E-state index is 13.6. The van der Waals surface area contributed by atoms with Crippen LogP contribution < -0.4 is 0 Å². The Morgan fingerprint density at radius 2 is 1.79 bits per heavy atom. The van der Waals surface area contributed by atoms with Crippen LogP contribution in [0.15, 0.2) is 57.9 Å². The molecule has 0 atom stereocenters. The molecule has 0 spiro atoms. The third kappa shape index (κ3) is 3.68. The molecule has 2 aromatic carbocycles. The first-order chi connectivity index (χ1) is 13.0. The smallest absolute Gasteiger partial charge is 0.313 e. The van der Waals surface area contributed by atoms with Crippen LogP contribution in [0, 0.1) is 5.82 Å². The van der Waals surface area contributed by atoms with Crippen molar-refractivity contribution < 1.29 is 35.6 Å². The van der Waals surface area contributed by atoms with Crippen LogP contribution in [0.1, 0.15) is 28.4 Å². The van der Waals surface area contributed by atoms with Gasteiger partial charge in [-0.05, 0) is 31.2 Å². The molecule has 0 unspecified atom stereocenters. The van der Waals surface area contributed by atoms with Gasteiger partial charge in [-0.15, -0.1) is 0 Å². The predicted octanol–water partition coefficient (Wildman–Crippen LogP) is 4.21. The second-order valence-electron chi connectivity index (χ2n) is 5.82. The van der Waals surface area contributed by atoms with Crippen molar-refractivity contribution in [2.45, 2.75) is 18.0 Å². The van der Waals surface area contributed by atoms with Crippen LogP contribution in [-0.2, 0) is 20.9 Å². The number of carbonyl (C=O) groups is 1. The zero-order valence-electron chi connectivity index (χ0n) is 14.1. The molecular weight excluding hydrogens is 402 g/mol. The Hall–Kier alpha value is -3.01. The summed E-state index contributed by atoms with van der Waals surface area (Å²) in [5.41, 5.74) is -1.35. The van der Waals surface area contributed by atoms with Crippen LogP contribution in [0.4, 0.5) is 17.6 Å². The van der Waals surface area contributed by atoms with Crippen LogP contribution in [-0.4, -0.2) is 20.1 Å². The third-order valence-electron chi connectivity index (χ3n) is 3.92. The SMILES string of the molecule is C/C(=N\OC(=O)c1ccc(C(F)(F)F)c(F)c1)C1=CS(=O)(=O)c2ccccc21. The molecule has 0 saturated heterocycles. The Kier molecular flexibility index (Phi) is 4.84. The zero-order valence-corrected chi connectivity index (χ0v) is 14.9. The number of alkyl halides is 3. The van der Waals surface area contributed by atoms with Crippen LogP contribution in [0.25, 0.3) is 5.57 Å². The Labute approximate surface area is 156 Å². The minimum absolute atomic E-state index is 0.0502. The number of hydrogen-bond acceptors (Lipinski definition) is 5. The summed E-state index contributed by atoms with van der Waals surface area (Å²) in [6.07, 6.45) is -4.89. The van der Waals surface area contributed by atoms with Crippen molar-refractivity contribution in [1.82, 2.24) is 0 Å². The van der Waals surface area contributed by atoms with Gasteiger partial charge < -0.3 is 4.84 Å². The Bertz CT molecular complexity index is 1130. The number of hydrogen-bond donors (Lipinski definition) is 0. The molecule has 1 heterocycles. The van der Waals surface area contributed by atoms with E-state index in [9.17, 15) is 30.8 Å². The van der Waals surface area contributed by atoms with Crippen molar-refractivity contribution in [2.24, 2.45) is 5.16 Å². The quantitative estimate of drug-likeness (QED) is 0.327. The van der Waals surface area contributed by atoms with E-state index in [0.717, 1.165) is 11.5 Å². The van der Waals surface area contributed by atoms with Crippen LogP contribution >= 0.6 is 0 Å². The average Bonchev–Trinajstić information content (AvgIpc) is 2.90. The van der Waals surface area contributed by atoms with Crippen LogP contribution in [0.3, 0.4) is 0 Å². The van der Waals surface area contributed by atoms with E-state index < -0.39 is 38.9 Å². The first-order valence-electron chi connectivity index (χ1n) is 7.70. The van der Waals surface area contributed by atoms with Gasteiger partial charge in [0.15, 0.2) is 0 Å². The fourth-order valence-corrected chi connectivity index (χ4v) is 4.07. The van der Waals surface area contributed by atoms with Gasteiger partial charge >= 0.3 is 12.1 Å². The van der Waals surface area contributed by atoms with Gasteiger partial charge in [0, 0.05) is 16.5 Å². The standard InChI is InChI=1S/C18H11F4NO4S/c1-10(13-9-28(25,26)16-5-3-2-4-12(13)16)23-27-17(24)11-6-7-14(15(19)8-11)18(20,21)22/h2-9H,1H3/b23-10+. The second kappa shape index (κ2) is 6.86. The molecule has 1 aliphatic rings. The highest BCUT2D eigenvalue weighted by Gasteiger charge is 2.34. The summed E-state index contributed by atoms with van der Waals surface area (Å²) < 4.78 is 75.4. The van der Waals surface area contributed by atoms with E-state index in [1.165, 1.54) is 13.0 Å². The fourth-order valence-electron chi connectivity index (χ4n) is 2.58. The highest BCUT2D eigenvalue weighted by atomic mass is 32.2. The molecule has 10 heteroatoms. The molecule has 2 aromatic rings. The molecule has 0 aliphatic carbocycles. The summed E-state index contributed by atoms with van der Waals surface area (Å²) in [6, 6.07) is 7.72. The highest BCUT2D eigenvalue weighted by molar-refractivity contribution is 7.95. The summed E-state index contributed by atoms with van der Waals surface area (Å²) in [6.45, 7) is 1.39. The molecule has 146 valence electrons. The van der Waals surface area contributed by atoms with E-state index in [4.69, 9.17) is 0 Å². The van der Waals surface area contributed by atoms with Crippen LogP contribution in [0.5, 0.6) is 0 Å². The first kappa shape index (κ1) is 19.7. The number of carbonyl (C=O) groups excluding carboxylic acids is 1. The van der Waals surface area contributed by atoms with Gasteiger partial charge in [-0.3, -0.25) is 0 Å². The van der Waals surface area contributed by atoms with Crippen molar-refractivity contribution in [1.29, 1.82) is 0 Å². The van der Waals surface area contributed by atoms with E-state index in [2.05, 4.69) is 9.99 Å². The summed E-state index contributed by atoms with van der Waals surface area (Å²) >= 11 is 0. The third-order valence-corrected chi connectivity index (χ3v) is 5.44. The van der Waals surface area contributed by atoms with E-state index in [0.29, 0.717) is 17.7 Å². The Morgan fingerprint density at radius 3 is 2.43 bits per heavy atom. The number of rotatable bonds is 3. The predicted molar refractivity (Wildman–Crippen MR) is 91.5 cm³/mol. The number of oxime groups is 1. The van der Waals surface area contributed by atoms with Gasteiger partial charge in [-0.2, -0.15) is 13.2 Å². The Balaban J connectivity index is 1.83. The van der Waals surface area contributed by atoms with Gasteiger partial charge in [0.2, 0.25) is 9.84 Å². The normalized spacial score (nSPS) is 15.8. The lowest BCUT2D eigenvalue weighted by Crippen LogP contribution is -2.10. The van der Waals surface area contributed by atoms with Gasteiger partial charge in [-0.25, -0.2) is 17.6 Å². The molecule has 0 radical (unpaired) electrons. The lowest BCUT2D eigenvalue weighted by atomic mass is 10.0. The number of nitrogens with zero attached hydrogens (tertiary/aromatic N) is 1. The molecule has 0 amide bonds. The molecule has 0 bridgehead atoms. The minimum Gasteiger partial charge on any atom is -0.313 e. The molecule has 0 N–H and O–H groups in total. The van der Waals surface area contributed by atoms with Crippen LogP contribution in [0.2, 0.25) is 0 Å². The van der Waals surface area contributed by atoms with Crippen molar-refractivity contribution in [2.75, 3.05) is 0 Å². The van der Waals surface area contributed by atoms with Gasteiger partial charge in [0.05, 0.1) is 21.7 Å². The number of sulfone groups is 1. The van der Waals surface area contributed by atoms with Crippen molar-refractivity contribution in [3.8, 4) is 0 Å². The summed E-state index contributed by atoms with van der Waals surface area (Å²) in [5.74, 6) is -2.82. The largest absolute Gasteiger partial charge is 0.419 e. The van der Waals surface area contributed by atoms with E-state index in [1.54, 1.807) is 18.2 Å². The van der Waals surface area contributed by atoms with E-state index >= 15 is 0 Å². The molecule has 5 nitrogen and oxygen atoms in total. The number of fused-ring (bicyclic) bond motifs is 1. The number of allylic oxidation sites excluding steroid dienone is 1. The molecule has 3 rings (SSSR count). The Morgan fingerprint density at radius 1 is 1.11 bits per heavy atom. The highest BCUT2D eigenvalue weighted by Crippen LogP contribution is 2.34. The molecule has 28 heavy (non-hydrogen) atoms. The molecule has 0 fully saturated rings. The van der Waals surface area contributed by atoms with Gasteiger partial charge in [-0.1, -0.05) is 23.4 Å². The monoisotopic (exact) mass is 413 g/mol. The molecule has 1 aliphatic heterocycles. The van der Waals surface area contributed by atoms with Crippen molar-refractivity contribution in [3.63, 3.8) is 0 Å². The molecular formula is C18H11F4NO4S. The maximum atomic E-state index is 13.6. The van der Waals surface area contributed by atoms with E-state index in [-0.39, 0.29) is 16.2 Å². The summed E-state index contributed by atoms with van der Waals surface area (Å²) in [7, 11) is -3.65. The fraction of sp³-hybridized carbons (Fsp3) is 0.111. The lowest BCUT2D eigenvalue weighted by molar-refractivity contribution is -0.140. The van der Waals surface area contributed by atoms with Crippen molar-refractivity contribution >= 4 is 27.1 Å². The first-order valence-corrected chi connectivity index (χ1v) is 9.24. The summed E-state index contributed by atoms with van der Waals surface area (Å²) in [4.78, 5) is 16.6. The van der Waals surface area contributed by atoms with Gasteiger partial charge in [0.25, 0.3) is 0 Å².